The average Bonchev–Trinajstić information content (AvgIpc) is 2.82. The Balaban J connectivity index is 1.54. The van der Waals surface area contributed by atoms with Crippen LogP contribution >= 0.6 is 0 Å². The van der Waals surface area contributed by atoms with Gasteiger partial charge in [-0.1, -0.05) is 74.9 Å². The number of rotatable bonds is 8. The average molecular weight is 502 g/mol. The van der Waals surface area contributed by atoms with E-state index in [0.717, 1.165) is 29.1 Å². The highest BCUT2D eigenvalue weighted by molar-refractivity contribution is 5.54. The minimum absolute atomic E-state index is 0.0511. The van der Waals surface area contributed by atoms with Gasteiger partial charge in [0.2, 0.25) is 0 Å². The van der Waals surface area contributed by atoms with E-state index >= 15 is 0 Å². The van der Waals surface area contributed by atoms with Crippen molar-refractivity contribution in [2.45, 2.75) is 97.9 Å². The Bertz CT molecular complexity index is 1170. The molecular formula is C33H43NO3. The second kappa shape index (κ2) is 10.9. The molecule has 1 heterocycles. The van der Waals surface area contributed by atoms with Crippen molar-refractivity contribution in [2.24, 2.45) is 0 Å². The maximum absolute atomic E-state index is 6.53. The van der Waals surface area contributed by atoms with Gasteiger partial charge in [-0.25, -0.2) is 0 Å². The molecule has 2 atom stereocenters. The summed E-state index contributed by atoms with van der Waals surface area (Å²) in [5.41, 5.74) is 6.65. The summed E-state index contributed by atoms with van der Waals surface area (Å²) in [5.74, 6) is 0.853. The molecule has 0 aliphatic carbocycles. The minimum Gasteiger partial charge on any atom is -0.485 e. The second-order valence-corrected chi connectivity index (χ2v) is 12.1. The zero-order valence-electron chi connectivity index (χ0n) is 23.7. The SMILES string of the molecule is Cc1ccc(COC2C(OC(C)C)c3cc(NCc4ccc(C(C)(C)C)cc4)ccc3OC2(C)C)cc1. The third-order valence-corrected chi connectivity index (χ3v) is 6.94. The summed E-state index contributed by atoms with van der Waals surface area (Å²) in [6, 6.07) is 23.6. The number of nitrogens with one attached hydrogen (secondary N) is 1. The van der Waals surface area contributed by atoms with Crippen LogP contribution in [0.4, 0.5) is 5.69 Å². The van der Waals surface area contributed by atoms with Crippen LogP contribution < -0.4 is 10.1 Å². The zero-order valence-corrected chi connectivity index (χ0v) is 23.7. The molecule has 0 aromatic heterocycles. The summed E-state index contributed by atoms with van der Waals surface area (Å²) >= 11 is 0. The van der Waals surface area contributed by atoms with Crippen LogP contribution in [0, 0.1) is 6.92 Å². The van der Waals surface area contributed by atoms with Gasteiger partial charge in [0.05, 0.1) is 12.7 Å². The van der Waals surface area contributed by atoms with Crippen molar-refractivity contribution in [1.29, 1.82) is 0 Å². The van der Waals surface area contributed by atoms with Crippen LogP contribution in [-0.2, 0) is 28.0 Å². The molecular weight excluding hydrogens is 458 g/mol. The van der Waals surface area contributed by atoms with Gasteiger partial charge in [0, 0.05) is 17.8 Å². The van der Waals surface area contributed by atoms with Crippen molar-refractivity contribution in [2.75, 3.05) is 5.32 Å². The lowest BCUT2D eigenvalue weighted by atomic mass is 9.87. The maximum Gasteiger partial charge on any atom is 0.132 e. The maximum atomic E-state index is 6.53. The highest BCUT2D eigenvalue weighted by Gasteiger charge is 2.46. The number of anilines is 1. The quantitative estimate of drug-likeness (QED) is 0.338. The van der Waals surface area contributed by atoms with Crippen LogP contribution in [-0.4, -0.2) is 17.8 Å². The molecule has 0 saturated carbocycles. The first-order valence-electron chi connectivity index (χ1n) is 13.4. The molecule has 0 amide bonds. The van der Waals surface area contributed by atoms with Gasteiger partial charge in [-0.3, -0.25) is 0 Å². The van der Waals surface area contributed by atoms with E-state index < -0.39 is 5.60 Å². The molecule has 4 heteroatoms. The number of benzene rings is 3. The monoisotopic (exact) mass is 501 g/mol. The Morgan fingerprint density at radius 1 is 0.919 bits per heavy atom. The van der Waals surface area contributed by atoms with Crippen molar-refractivity contribution in [3.05, 3.63) is 94.5 Å². The van der Waals surface area contributed by atoms with Crippen LogP contribution in [0.1, 0.15) is 82.4 Å². The number of hydrogen-bond acceptors (Lipinski definition) is 4. The highest BCUT2D eigenvalue weighted by Crippen LogP contribution is 2.45. The molecule has 0 spiro atoms. The van der Waals surface area contributed by atoms with E-state index in [9.17, 15) is 0 Å². The molecule has 3 aromatic rings. The van der Waals surface area contributed by atoms with Crippen LogP contribution in [0.3, 0.4) is 0 Å². The van der Waals surface area contributed by atoms with E-state index in [1.165, 1.54) is 16.7 Å². The Morgan fingerprint density at radius 3 is 2.19 bits per heavy atom. The molecule has 2 unspecified atom stereocenters. The normalized spacial score (nSPS) is 18.8. The van der Waals surface area contributed by atoms with Gasteiger partial charge in [0.25, 0.3) is 0 Å². The number of aryl methyl sites for hydroxylation is 1. The molecule has 198 valence electrons. The molecule has 37 heavy (non-hydrogen) atoms. The zero-order chi connectivity index (χ0) is 26.8. The summed E-state index contributed by atoms with van der Waals surface area (Å²) < 4.78 is 19.5. The van der Waals surface area contributed by atoms with Gasteiger partial charge < -0.3 is 19.5 Å². The predicted molar refractivity (Wildman–Crippen MR) is 152 cm³/mol. The standard InChI is InChI=1S/C33H43NO3/c1-22(2)36-30-28-19-27(34-20-24-13-15-26(16-14-24)32(4,5)6)17-18-29(28)37-33(7,8)31(30)35-21-25-11-9-23(3)10-12-25/h9-19,22,30-31,34H,20-21H2,1-8H3. The van der Waals surface area contributed by atoms with Gasteiger partial charge in [0.1, 0.15) is 23.6 Å². The first kappa shape index (κ1) is 27.2. The first-order chi connectivity index (χ1) is 17.4. The molecule has 3 aromatic carbocycles. The van der Waals surface area contributed by atoms with Crippen LogP contribution in [0.25, 0.3) is 0 Å². The summed E-state index contributed by atoms with van der Waals surface area (Å²) in [5, 5.41) is 3.59. The van der Waals surface area contributed by atoms with E-state index in [4.69, 9.17) is 14.2 Å². The Hall–Kier alpha value is -2.82. The van der Waals surface area contributed by atoms with E-state index in [1.807, 2.05) is 0 Å². The third kappa shape index (κ3) is 6.74. The summed E-state index contributed by atoms with van der Waals surface area (Å²) in [7, 11) is 0. The summed E-state index contributed by atoms with van der Waals surface area (Å²) in [6.07, 6.45) is -0.448. The minimum atomic E-state index is -0.541. The Labute approximate surface area is 223 Å². The fraction of sp³-hybridized carbons (Fsp3) is 0.455. The van der Waals surface area contributed by atoms with Crippen molar-refractivity contribution < 1.29 is 14.2 Å². The van der Waals surface area contributed by atoms with Gasteiger partial charge >= 0.3 is 0 Å². The van der Waals surface area contributed by atoms with Gasteiger partial charge in [0.15, 0.2) is 0 Å². The van der Waals surface area contributed by atoms with Crippen molar-refractivity contribution in [3.8, 4) is 5.75 Å². The van der Waals surface area contributed by atoms with Crippen LogP contribution in [0.5, 0.6) is 5.75 Å². The van der Waals surface area contributed by atoms with Crippen LogP contribution in [0.15, 0.2) is 66.7 Å². The Morgan fingerprint density at radius 2 is 1.57 bits per heavy atom. The highest BCUT2D eigenvalue weighted by atomic mass is 16.6. The third-order valence-electron chi connectivity index (χ3n) is 6.94. The number of hydrogen-bond donors (Lipinski definition) is 1. The Kier molecular flexibility index (Phi) is 8.01. The molecule has 4 rings (SSSR count). The van der Waals surface area contributed by atoms with E-state index in [0.29, 0.717) is 6.61 Å². The lowest BCUT2D eigenvalue weighted by Crippen LogP contribution is -2.51. The van der Waals surface area contributed by atoms with Crippen LogP contribution in [0.2, 0.25) is 0 Å². The molecule has 1 aliphatic rings. The summed E-state index contributed by atoms with van der Waals surface area (Å²) in [6.45, 7) is 18.4. The van der Waals surface area contributed by atoms with Crippen molar-refractivity contribution >= 4 is 5.69 Å². The number of fused-ring (bicyclic) bond motifs is 1. The molecule has 4 nitrogen and oxygen atoms in total. The second-order valence-electron chi connectivity index (χ2n) is 12.1. The predicted octanol–water partition coefficient (Wildman–Crippen LogP) is 8.13. The molecule has 0 radical (unpaired) electrons. The molecule has 1 N–H and O–H groups in total. The smallest absolute Gasteiger partial charge is 0.132 e. The van der Waals surface area contributed by atoms with E-state index in [-0.39, 0.29) is 23.7 Å². The van der Waals surface area contributed by atoms with Crippen molar-refractivity contribution in [1.82, 2.24) is 0 Å². The molecule has 1 aliphatic heterocycles. The fourth-order valence-corrected chi connectivity index (χ4v) is 4.77. The van der Waals surface area contributed by atoms with E-state index in [2.05, 4.69) is 127 Å². The molecule has 0 saturated heterocycles. The summed E-state index contributed by atoms with van der Waals surface area (Å²) in [4.78, 5) is 0. The molecule has 0 fully saturated rings. The lowest BCUT2D eigenvalue weighted by Gasteiger charge is -2.45. The van der Waals surface area contributed by atoms with E-state index in [1.54, 1.807) is 0 Å². The fourth-order valence-electron chi connectivity index (χ4n) is 4.77. The lowest BCUT2D eigenvalue weighted by molar-refractivity contribution is -0.177. The number of ether oxygens (including phenoxy) is 3. The largest absolute Gasteiger partial charge is 0.485 e. The van der Waals surface area contributed by atoms with Gasteiger partial charge in [-0.2, -0.15) is 0 Å². The van der Waals surface area contributed by atoms with Gasteiger partial charge in [-0.15, -0.1) is 0 Å². The topological polar surface area (TPSA) is 39.7 Å². The van der Waals surface area contributed by atoms with Gasteiger partial charge in [-0.05, 0) is 74.9 Å². The van der Waals surface area contributed by atoms with Crippen molar-refractivity contribution in [3.63, 3.8) is 0 Å². The molecule has 0 bridgehead atoms. The first-order valence-corrected chi connectivity index (χ1v) is 13.4.